The second-order valence-electron chi connectivity index (χ2n) is 6.84. The van der Waals surface area contributed by atoms with Gasteiger partial charge in [-0.1, -0.05) is 6.42 Å². The van der Waals surface area contributed by atoms with Crippen molar-refractivity contribution in [3.8, 4) is 17.2 Å². The predicted molar refractivity (Wildman–Crippen MR) is 107 cm³/mol. The Balaban J connectivity index is 2.13. The Bertz CT molecular complexity index is 573. The molecule has 1 unspecified atom stereocenters. The van der Waals surface area contributed by atoms with Crippen LogP contribution in [-0.4, -0.2) is 56.3 Å². The number of amides is 1. The summed E-state index contributed by atoms with van der Waals surface area (Å²) in [6.45, 7) is 12.4. The van der Waals surface area contributed by atoms with Crippen molar-refractivity contribution in [2.75, 3.05) is 39.5 Å². The van der Waals surface area contributed by atoms with Gasteiger partial charge in [0.05, 0.1) is 19.8 Å². The van der Waals surface area contributed by atoms with Crippen molar-refractivity contribution >= 4 is 5.91 Å². The number of carbonyl (C=O) groups is 1. The van der Waals surface area contributed by atoms with E-state index in [-0.39, 0.29) is 11.9 Å². The van der Waals surface area contributed by atoms with E-state index in [0.29, 0.717) is 42.6 Å². The first kappa shape index (κ1) is 21.4. The molecular formula is C21H34N2O4. The SMILES string of the molecule is CCOc1cc(C(=O)NC(C)CN2CCCCC2)cc(OCC)c1OCC. The van der Waals surface area contributed by atoms with Gasteiger partial charge in [-0.2, -0.15) is 0 Å². The number of hydrogen-bond donors (Lipinski definition) is 1. The Morgan fingerprint density at radius 3 is 2.07 bits per heavy atom. The largest absolute Gasteiger partial charge is 0.490 e. The van der Waals surface area contributed by atoms with Crippen LogP contribution >= 0.6 is 0 Å². The highest BCUT2D eigenvalue weighted by molar-refractivity contribution is 5.95. The van der Waals surface area contributed by atoms with E-state index < -0.39 is 0 Å². The van der Waals surface area contributed by atoms with Crippen LogP contribution in [-0.2, 0) is 0 Å². The van der Waals surface area contributed by atoms with E-state index >= 15 is 0 Å². The maximum Gasteiger partial charge on any atom is 0.251 e. The Hall–Kier alpha value is -1.95. The second kappa shape index (κ2) is 11.0. The lowest BCUT2D eigenvalue weighted by Crippen LogP contribution is -2.43. The summed E-state index contributed by atoms with van der Waals surface area (Å²) in [5.41, 5.74) is 0.524. The zero-order chi connectivity index (χ0) is 19.6. The first-order valence-corrected chi connectivity index (χ1v) is 10.2. The van der Waals surface area contributed by atoms with Crippen LogP contribution in [0.25, 0.3) is 0 Å². The van der Waals surface area contributed by atoms with Crippen LogP contribution in [0.1, 0.15) is 57.3 Å². The number of rotatable bonds is 10. The molecule has 1 aromatic rings. The number of nitrogens with one attached hydrogen (secondary N) is 1. The Morgan fingerprint density at radius 2 is 1.56 bits per heavy atom. The number of hydrogen-bond acceptors (Lipinski definition) is 5. The number of likely N-dealkylation sites (tertiary alicyclic amines) is 1. The lowest BCUT2D eigenvalue weighted by atomic mass is 10.1. The molecule has 152 valence electrons. The highest BCUT2D eigenvalue weighted by Crippen LogP contribution is 2.39. The van der Waals surface area contributed by atoms with Crippen molar-refractivity contribution in [2.45, 2.75) is 53.0 Å². The van der Waals surface area contributed by atoms with Crippen LogP contribution in [0, 0.1) is 0 Å². The number of nitrogens with zero attached hydrogens (tertiary/aromatic N) is 1. The molecule has 0 aromatic heterocycles. The minimum Gasteiger partial charge on any atom is -0.490 e. The number of benzene rings is 1. The fraction of sp³-hybridized carbons (Fsp3) is 0.667. The predicted octanol–water partition coefficient (Wildman–Crippen LogP) is 3.49. The summed E-state index contributed by atoms with van der Waals surface area (Å²) in [5.74, 6) is 1.52. The Labute approximate surface area is 163 Å². The second-order valence-corrected chi connectivity index (χ2v) is 6.84. The van der Waals surface area contributed by atoms with E-state index in [4.69, 9.17) is 14.2 Å². The monoisotopic (exact) mass is 378 g/mol. The summed E-state index contributed by atoms with van der Waals surface area (Å²) in [5, 5.41) is 3.10. The van der Waals surface area contributed by atoms with Gasteiger partial charge in [0.15, 0.2) is 11.5 Å². The molecule has 0 bridgehead atoms. The summed E-state index contributed by atoms with van der Waals surface area (Å²) in [6, 6.07) is 3.55. The van der Waals surface area contributed by atoms with Gasteiger partial charge < -0.3 is 24.4 Å². The molecular weight excluding hydrogens is 344 g/mol. The fourth-order valence-corrected chi connectivity index (χ4v) is 3.40. The van der Waals surface area contributed by atoms with Crippen LogP contribution in [0.5, 0.6) is 17.2 Å². The van der Waals surface area contributed by atoms with Crippen LogP contribution in [0.15, 0.2) is 12.1 Å². The zero-order valence-corrected chi connectivity index (χ0v) is 17.2. The third-order valence-corrected chi connectivity index (χ3v) is 4.53. The molecule has 6 nitrogen and oxygen atoms in total. The molecule has 1 N–H and O–H groups in total. The Kier molecular flexibility index (Phi) is 8.72. The molecule has 0 radical (unpaired) electrons. The molecule has 1 aromatic carbocycles. The molecule has 1 saturated heterocycles. The third kappa shape index (κ3) is 6.31. The molecule has 1 fully saturated rings. The molecule has 2 rings (SSSR count). The van der Waals surface area contributed by atoms with Crippen molar-refractivity contribution in [2.24, 2.45) is 0 Å². The van der Waals surface area contributed by atoms with Crippen molar-refractivity contribution in [1.29, 1.82) is 0 Å². The number of piperidine rings is 1. The first-order valence-electron chi connectivity index (χ1n) is 10.2. The minimum absolute atomic E-state index is 0.0771. The molecule has 0 saturated carbocycles. The number of carbonyl (C=O) groups excluding carboxylic acids is 1. The third-order valence-electron chi connectivity index (χ3n) is 4.53. The van der Waals surface area contributed by atoms with E-state index in [9.17, 15) is 4.79 Å². The zero-order valence-electron chi connectivity index (χ0n) is 17.2. The average molecular weight is 379 g/mol. The smallest absolute Gasteiger partial charge is 0.251 e. The maximum atomic E-state index is 12.8. The van der Waals surface area contributed by atoms with Gasteiger partial charge in [-0.05, 0) is 65.8 Å². The van der Waals surface area contributed by atoms with Gasteiger partial charge in [0.2, 0.25) is 5.75 Å². The fourth-order valence-electron chi connectivity index (χ4n) is 3.40. The van der Waals surface area contributed by atoms with Gasteiger partial charge >= 0.3 is 0 Å². The summed E-state index contributed by atoms with van der Waals surface area (Å²) in [6.07, 6.45) is 3.80. The Morgan fingerprint density at radius 1 is 1.00 bits per heavy atom. The van der Waals surface area contributed by atoms with E-state index in [1.807, 2.05) is 27.7 Å². The van der Waals surface area contributed by atoms with Crippen molar-refractivity contribution in [1.82, 2.24) is 10.2 Å². The van der Waals surface area contributed by atoms with Crippen molar-refractivity contribution < 1.29 is 19.0 Å². The highest BCUT2D eigenvalue weighted by Gasteiger charge is 2.20. The van der Waals surface area contributed by atoms with Crippen molar-refractivity contribution in [3.63, 3.8) is 0 Å². The van der Waals surface area contributed by atoms with Crippen molar-refractivity contribution in [3.05, 3.63) is 17.7 Å². The topological polar surface area (TPSA) is 60.0 Å². The highest BCUT2D eigenvalue weighted by atomic mass is 16.5. The lowest BCUT2D eigenvalue weighted by molar-refractivity contribution is 0.0924. The quantitative estimate of drug-likeness (QED) is 0.675. The van der Waals surface area contributed by atoms with Gasteiger partial charge in [-0.25, -0.2) is 0 Å². The minimum atomic E-state index is -0.121. The standard InChI is InChI=1S/C21H34N2O4/c1-5-25-18-13-17(14-19(26-6-2)20(18)27-7-3)21(24)22-16(4)15-23-11-9-8-10-12-23/h13-14,16H,5-12,15H2,1-4H3,(H,22,24). The first-order chi connectivity index (χ1) is 13.1. The van der Waals surface area contributed by atoms with Gasteiger partial charge in [-0.3, -0.25) is 4.79 Å². The molecule has 1 atom stereocenters. The molecule has 1 amide bonds. The van der Waals surface area contributed by atoms with Crippen LogP contribution in [0.3, 0.4) is 0 Å². The van der Waals surface area contributed by atoms with E-state index in [1.165, 1.54) is 19.3 Å². The molecule has 1 aliphatic rings. The van der Waals surface area contributed by atoms with Crippen LogP contribution in [0.2, 0.25) is 0 Å². The summed E-state index contributed by atoms with van der Waals surface area (Å²) in [7, 11) is 0. The van der Waals surface area contributed by atoms with Crippen LogP contribution < -0.4 is 19.5 Å². The molecule has 0 aliphatic carbocycles. The molecule has 0 spiro atoms. The van der Waals surface area contributed by atoms with E-state index in [0.717, 1.165) is 19.6 Å². The number of ether oxygens (including phenoxy) is 3. The van der Waals surface area contributed by atoms with E-state index in [2.05, 4.69) is 10.2 Å². The summed E-state index contributed by atoms with van der Waals surface area (Å²) >= 11 is 0. The van der Waals surface area contributed by atoms with E-state index in [1.54, 1.807) is 12.1 Å². The normalized spacial score (nSPS) is 15.9. The molecule has 1 aliphatic heterocycles. The molecule has 27 heavy (non-hydrogen) atoms. The summed E-state index contributed by atoms with van der Waals surface area (Å²) < 4.78 is 17.1. The molecule has 6 heteroatoms. The van der Waals surface area contributed by atoms with Gasteiger partial charge in [0, 0.05) is 18.2 Å². The van der Waals surface area contributed by atoms with Crippen LogP contribution in [0.4, 0.5) is 0 Å². The average Bonchev–Trinajstić information content (AvgIpc) is 2.65. The van der Waals surface area contributed by atoms with Gasteiger partial charge in [0.1, 0.15) is 0 Å². The lowest BCUT2D eigenvalue weighted by Gasteiger charge is -2.29. The van der Waals surface area contributed by atoms with Gasteiger partial charge in [-0.15, -0.1) is 0 Å². The van der Waals surface area contributed by atoms with Gasteiger partial charge in [0.25, 0.3) is 5.91 Å². The molecule has 1 heterocycles. The summed E-state index contributed by atoms with van der Waals surface area (Å²) in [4.78, 5) is 15.2. The maximum absolute atomic E-state index is 12.8.